The number of hydrogen-bond donors (Lipinski definition) is 3. The number of nitrogens with zero attached hydrogens (tertiary/aromatic N) is 1. The molecule has 1 aromatic carbocycles. The second-order valence-corrected chi connectivity index (χ2v) is 8.34. The van der Waals surface area contributed by atoms with Crippen LogP contribution in [0.15, 0.2) is 18.2 Å². The molecular weight excluding hydrogens is 456 g/mol. The van der Waals surface area contributed by atoms with Crippen LogP contribution < -0.4 is 16.4 Å². The quantitative estimate of drug-likeness (QED) is 0.214. The van der Waals surface area contributed by atoms with Crippen molar-refractivity contribution in [1.82, 2.24) is 15.5 Å². The number of fused-ring (bicyclic) bond motifs is 1. The van der Waals surface area contributed by atoms with Gasteiger partial charge >= 0.3 is 0 Å². The molecule has 11 nitrogen and oxygen atoms in total. The lowest BCUT2D eigenvalue weighted by Gasteiger charge is -2.27. The molecule has 3 rings (SSSR count). The van der Waals surface area contributed by atoms with Crippen LogP contribution in [0.4, 0.5) is 0 Å². The number of hydrogen-bond acceptors (Lipinski definition) is 9. The number of carbonyl (C=O) groups is 4. The molecule has 2 heterocycles. The van der Waals surface area contributed by atoms with Gasteiger partial charge in [-0.25, -0.2) is 0 Å². The maximum absolute atomic E-state index is 12.9. The number of benzene rings is 1. The Morgan fingerprint density at radius 2 is 1.57 bits per heavy atom. The molecule has 1 unspecified atom stereocenters. The van der Waals surface area contributed by atoms with Crippen molar-refractivity contribution in [2.75, 3.05) is 52.7 Å². The summed E-state index contributed by atoms with van der Waals surface area (Å²) in [4.78, 5) is 50.1. The Hall–Kier alpha value is -2.70. The van der Waals surface area contributed by atoms with Gasteiger partial charge in [-0.2, -0.15) is 0 Å². The summed E-state index contributed by atoms with van der Waals surface area (Å²) in [6, 6.07) is 4.13. The van der Waals surface area contributed by atoms with Gasteiger partial charge in [0.05, 0.1) is 37.6 Å². The minimum atomic E-state index is -0.957. The third-order valence-corrected chi connectivity index (χ3v) is 5.71. The molecule has 1 saturated heterocycles. The van der Waals surface area contributed by atoms with Gasteiger partial charge in [0.2, 0.25) is 11.8 Å². The molecule has 11 heteroatoms. The molecule has 4 N–H and O–H groups in total. The van der Waals surface area contributed by atoms with Crippen LogP contribution in [0, 0.1) is 0 Å². The number of rotatable bonds is 16. The van der Waals surface area contributed by atoms with Gasteiger partial charge in [-0.05, 0) is 50.0 Å². The normalized spacial score (nSPS) is 17.7. The summed E-state index contributed by atoms with van der Waals surface area (Å²) in [7, 11) is 0. The Bertz CT molecular complexity index is 908. The number of carbonyl (C=O) groups excluding carboxylic acids is 4. The average Bonchev–Trinajstić information content (AvgIpc) is 3.09. The summed E-state index contributed by atoms with van der Waals surface area (Å²) in [5.41, 5.74) is 6.81. The summed E-state index contributed by atoms with van der Waals surface area (Å²) in [5, 5.41) is 5.49. The molecule has 2 aliphatic heterocycles. The summed E-state index contributed by atoms with van der Waals surface area (Å²) >= 11 is 0. The van der Waals surface area contributed by atoms with E-state index in [0.29, 0.717) is 52.7 Å². The molecule has 2 aliphatic rings. The Kier molecular flexibility index (Phi) is 10.8. The molecule has 35 heavy (non-hydrogen) atoms. The standard InChI is InChI=1S/C24H34N4O7/c25-7-1-9-33-11-13-35-14-12-34-10-2-8-26-16-17-3-4-18-19(15-17)24(32)28(23(18)31)20-5-6-21(29)27-22(20)30/h3-4,15,20,26H,1-2,5-14,16,25H2,(H,27,29,30). The van der Waals surface area contributed by atoms with E-state index in [1.807, 2.05) is 0 Å². The van der Waals surface area contributed by atoms with Gasteiger partial charge in [0, 0.05) is 26.2 Å². The van der Waals surface area contributed by atoms with Crippen LogP contribution in [-0.2, 0) is 30.3 Å². The van der Waals surface area contributed by atoms with E-state index in [9.17, 15) is 19.2 Å². The van der Waals surface area contributed by atoms with E-state index < -0.39 is 29.7 Å². The molecule has 1 aromatic rings. The molecule has 1 fully saturated rings. The average molecular weight is 491 g/mol. The lowest BCUT2D eigenvalue weighted by Crippen LogP contribution is -2.54. The fourth-order valence-corrected chi connectivity index (χ4v) is 3.89. The largest absolute Gasteiger partial charge is 0.379 e. The van der Waals surface area contributed by atoms with E-state index in [4.69, 9.17) is 19.9 Å². The van der Waals surface area contributed by atoms with Crippen molar-refractivity contribution in [2.24, 2.45) is 5.73 Å². The number of amides is 4. The third-order valence-electron chi connectivity index (χ3n) is 5.71. The Labute approximate surface area is 204 Å². The minimum Gasteiger partial charge on any atom is -0.379 e. The summed E-state index contributed by atoms with van der Waals surface area (Å²) in [6.07, 6.45) is 1.90. The first-order valence-corrected chi connectivity index (χ1v) is 12.0. The fourth-order valence-electron chi connectivity index (χ4n) is 3.89. The molecule has 0 aliphatic carbocycles. The van der Waals surface area contributed by atoms with E-state index >= 15 is 0 Å². The maximum Gasteiger partial charge on any atom is 0.262 e. The van der Waals surface area contributed by atoms with Crippen LogP contribution >= 0.6 is 0 Å². The van der Waals surface area contributed by atoms with Crippen LogP contribution in [-0.4, -0.2) is 87.3 Å². The van der Waals surface area contributed by atoms with Crippen LogP contribution in [0.1, 0.15) is 52.0 Å². The molecule has 0 radical (unpaired) electrons. The lowest BCUT2D eigenvalue weighted by molar-refractivity contribution is -0.136. The molecule has 0 bridgehead atoms. The zero-order valence-corrected chi connectivity index (χ0v) is 19.9. The number of piperidine rings is 1. The van der Waals surface area contributed by atoms with E-state index in [2.05, 4.69) is 10.6 Å². The second kappa shape index (κ2) is 14.0. The van der Waals surface area contributed by atoms with Crippen molar-refractivity contribution in [1.29, 1.82) is 0 Å². The first-order chi connectivity index (χ1) is 17.0. The number of nitrogens with one attached hydrogen (secondary N) is 2. The van der Waals surface area contributed by atoms with Crippen molar-refractivity contribution in [3.8, 4) is 0 Å². The van der Waals surface area contributed by atoms with Crippen LogP contribution in [0.3, 0.4) is 0 Å². The van der Waals surface area contributed by atoms with Gasteiger partial charge in [-0.1, -0.05) is 6.07 Å². The molecule has 4 amide bonds. The zero-order valence-electron chi connectivity index (χ0n) is 19.9. The second-order valence-electron chi connectivity index (χ2n) is 8.34. The SMILES string of the molecule is NCCCOCCOCCOCCCNCc1ccc2c(c1)C(=O)N(C1CCC(=O)NC1=O)C2=O. The van der Waals surface area contributed by atoms with Crippen molar-refractivity contribution in [3.63, 3.8) is 0 Å². The van der Waals surface area contributed by atoms with E-state index in [0.717, 1.165) is 29.8 Å². The predicted octanol–water partition coefficient (Wildman–Crippen LogP) is -0.0339. The lowest BCUT2D eigenvalue weighted by atomic mass is 10.0. The highest BCUT2D eigenvalue weighted by atomic mass is 16.5. The van der Waals surface area contributed by atoms with E-state index in [1.165, 1.54) is 0 Å². The molecular formula is C24H34N4O7. The summed E-state index contributed by atoms with van der Waals surface area (Å²) in [5.74, 6) is -2.01. The smallest absolute Gasteiger partial charge is 0.262 e. The van der Waals surface area contributed by atoms with E-state index in [1.54, 1.807) is 18.2 Å². The van der Waals surface area contributed by atoms with Crippen LogP contribution in [0.2, 0.25) is 0 Å². The summed E-state index contributed by atoms with van der Waals surface area (Å²) in [6.45, 7) is 5.27. The van der Waals surface area contributed by atoms with Crippen molar-refractivity contribution in [2.45, 2.75) is 38.3 Å². The molecule has 192 valence electrons. The molecule has 0 saturated carbocycles. The predicted molar refractivity (Wildman–Crippen MR) is 126 cm³/mol. The fraction of sp³-hybridized carbons (Fsp3) is 0.583. The highest BCUT2D eigenvalue weighted by Gasteiger charge is 2.44. The third kappa shape index (κ3) is 7.64. The first-order valence-electron chi connectivity index (χ1n) is 12.0. The first kappa shape index (κ1) is 26.9. The van der Waals surface area contributed by atoms with Gasteiger partial charge in [-0.3, -0.25) is 29.4 Å². The number of nitrogens with two attached hydrogens (primary N) is 1. The van der Waals surface area contributed by atoms with Gasteiger partial charge in [0.15, 0.2) is 0 Å². The Balaban J connectivity index is 1.31. The topological polar surface area (TPSA) is 149 Å². The summed E-state index contributed by atoms with van der Waals surface area (Å²) < 4.78 is 16.3. The van der Waals surface area contributed by atoms with Crippen LogP contribution in [0.25, 0.3) is 0 Å². The molecule has 0 spiro atoms. The van der Waals surface area contributed by atoms with Crippen LogP contribution in [0.5, 0.6) is 0 Å². The number of imide groups is 2. The Morgan fingerprint density at radius 1 is 0.914 bits per heavy atom. The van der Waals surface area contributed by atoms with Gasteiger partial charge in [0.25, 0.3) is 11.8 Å². The minimum absolute atomic E-state index is 0.0975. The van der Waals surface area contributed by atoms with Crippen molar-refractivity contribution < 1.29 is 33.4 Å². The van der Waals surface area contributed by atoms with E-state index in [-0.39, 0.29) is 24.0 Å². The highest BCUT2D eigenvalue weighted by molar-refractivity contribution is 6.23. The number of ether oxygens (including phenoxy) is 3. The molecule has 1 atom stereocenters. The van der Waals surface area contributed by atoms with Crippen molar-refractivity contribution >= 4 is 23.6 Å². The Morgan fingerprint density at radius 3 is 2.26 bits per heavy atom. The van der Waals surface area contributed by atoms with Gasteiger partial charge in [0.1, 0.15) is 6.04 Å². The maximum atomic E-state index is 12.9. The van der Waals surface area contributed by atoms with Gasteiger partial charge < -0.3 is 25.3 Å². The monoisotopic (exact) mass is 490 g/mol. The molecule has 0 aromatic heterocycles. The van der Waals surface area contributed by atoms with Gasteiger partial charge in [-0.15, -0.1) is 0 Å². The highest BCUT2D eigenvalue weighted by Crippen LogP contribution is 2.28. The van der Waals surface area contributed by atoms with Crippen molar-refractivity contribution in [3.05, 3.63) is 34.9 Å². The zero-order chi connectivity index (χ0) is 25.0.